The highest BCUT2D eigenvalue weighted by atomic mass is 16.5. The van der Waals surface area contributed by atoms with Crippen LogP contribution in [0.4, 0.5) is 0 Å². The van der Waals surface area contributed by atoms with Gasteiger partial charge in [-0.3, -0.25) is 19.5 Å². The number of fused-ring (bicyclic) bond motifs is 1. The first-order valence-corrected chi connectivity index (χ1v) is 8.96. The van der Waals surface area contributed by atoms with Gasteiger partial charge in [0.2, 0.25) is 0 Å². The van der Waals surface area contributed by atoms with E-state index in [1.165, 1.54) is 0 Å². The summed E-state index contributed by atoms with van der Waals surface area (Å²) in [5.41, 5.74) is 2.09. The molecule has 4 heterocycles. The number of piperazine rings is 1. The van der Waals surface area contributed by atoms with Crippen LogP contribution in [0.3, 0.4) is 0 Å². The normalized spacial score (nSPS) is 21.5. The molecule has 1 saturated heterocycles. The second kappa shape index (κ2) is 5.75. The Bertz CT molecular complexity index is 1030. The summed E-state index contributed by atoms with van der Waals surface area (Å²) in [6.07, 6.45) is 2.26. The number of rotatable bonds is 3. The molecule has 5 rings (SSSR count). The Balaban J connectivity index is 1.63. The number of pyridine rings is 1. The van der Waals surface area contributed by atoms with E-state index in [1.54, 1.807) is 11.7 Å². The van der Waals surface area contributed by atoms with Gasteiger partial charge in [-0.15, -0.1) is 0 Å². The molecule has 1 saturated carbocycles. The number of nitrogens with zero attached hydrogens (tertiary/aromatic N) is 5. The highest BCUT2D eigenvalue weighted by Gasteiger charge is 2.30. The molecule has 9 heteroatoms. The molecule has 0 amide bonds. The van der Waals surface area contributed by atoms with Crippen LogP contribution < -0.4 is 10.9 Å². The van der Waals surface area contributed by atoms with E-state index in [-0.39, 0.29) is 11.6 Å². The van der Waals surface area contributed by atoms with Gasteiger partial charge in [-0.05, 0) is 26.0 Å². The first-order valence-electron chi connectivity index (χ1n) is 8.96. The molecular weight excluding hydrogens is 334 g/mol. The summed E-state index contributed by atoms with van der Waals surface area (Å²) in [5.74, 6) is 1.48. The maximum absolute atomic E-state index is 12.4. The topological polar surface area (TPSA) is 105 Å². The molecule has 3 aromatic heterocycles. The molecule has 9 nitrogen and oxygen atoms in total. The zero-order valence-electron chi connectivity index (χ0n) is 14.8. The molecule has 2 aliphatic rings. The van der Waals surface area contributed by atoms with Crippen LogP contribution in [-0.4, -0.2) is 56.5 Å². The van der Waals surface area contributed by atoms with Crippen molar-refractivity contribution in [1.82, 2.24) is 35.1 Å². The van der Waals surface area contributed by atoms with Crippen LogP contribution in [0.15, 0.2) is 15.4 Å². The van der Waals surface area contributed by atoms with Gasteiger partial charge < -0.3 is 9.84 Å². The summed E-state index contributed by atoms with van der Waals surface area (Å²) in [6, 6.07) is 2.01. The molecule has 0 radical (unpaired) electrons. The van der Waals surface area contributed by atoms with Crippen molar-refractivity contribution in [3.8, 4) is 11.5 Å². The SMILES string of the molecule is CN1CCNCC1c1noc(-c2cc(C3CC3)nc3c2c(=O)[nH]n3C)n1. The highest BCUT2D eigenvalue weighted by Crippen LogP contribution is 2.41. The number of likely N-dealkylation sites (N-methyl/N-ethyl adjacent to an activating group) is 1. The maximum Gasteiger partial charge on any atom is 0.274 e. The Labute approximate surface area is 149 Å². The molecule has 1 unspecified atom stereocenters. The number of H-pyrrole nitrogens is 1. The standard InChI is InChI=1S/C17H21N7O2/c1-23-6-5-18-8-12(23)14-20-17(26-22-14)10-7-11(9-3-4-9)19-15-13(10)16(25)21-24(15)2/h7,9,12,18H,3-6,8H2,1-2H3,(H,21,25). The van der Waals surface area contributed by atoms with Gasteiger partial charge in [-0.25, -0.2) is 4.98 Å². The predicted molar refractivity (Wildman–Crippen MR) is 94.8 cm³/mol. The lowest BCUT2D eigenvalue weighted by Crippen LogP contribution is -2.44. The average Bonchev–Trinajstić information content (AvgIpc) is 3.30. The van der Waals surface area contributed by atoms with E-state index >= 15 is 0 Å². The third kappa shape index (κ3) is 2.46. The van der Waals surface area contributed by atoms with Crippen molar-refractivity contribution in [2.45, 2.75) is 24.8 Å². The number of aromatic nitrogens is 5. The number of hydrogen-bond donors (Lipinski definition) is 2. The predicted octanol–water partition coefficient (Wildman–Crippen LogP) is 0.765. The smallest absolute Gasteiger partial charge is 0.274 e. The van der Waals surface area contributed by atoms with Crippen molar-refractivity contribution in [2.24, 2.45) is 7.05 Å². The van der Waals surface area contributed by atoms with E-state index in [4.69, 9.17) is 4.52 Å². The number of nitrogens with one attached hydrogen (secondary N) is 2. The fourth-order valence-electron chi connectivity index (χ4n) is 3.61. The fraction of sp³-hybridized carbons (Fsp3) is 0.529. The minimum atomic E-state index is -0.191. The zero-order chi connectivity index (χ0) is 17.8. The van der Waals surface area contributed by atoms with Crippen LogP contribution in [-0.2, 0) is 7.05 Å². The lowest BCUT2D eigenvalue weighted by molar-refractivity contribution is 0.190. The first-order chi connectivity index (χ1) is 12.6. The van der Waals surface area contributed by atoms with E-state index in [0.29, 0.717) is 34.2 Å². The molecule has 136 valence electrons. The van der Waals surface area contributed by atoms with Gasteiger partial charge >= 0.3 is 0 Å². The average molecular weight is 355 g/mol. The van der Waals surface area contributed by atoms with E-state index in [2.05, 4.69) is 37.5 Å². The molecule has 0 spiro atoms. The second-order valence-corrected chi connectivity index (χ2v) is 7.23. The van der Waals surface area contributed by atoms with Crippen molar-refractivity contribution >= 4 is 11.0 Å². The lowest BCUT2D eigenvalue weighted by Gasteiger charge is -2.30. The van der Waals surface area contributed by atoms with Crippen molar-refractivity contribution in [3.05, 3.63) is 27.9 Å². The van der Waals surface area contributed by atoms with E-state index in [1.807, 2.05) is 6.07 Å². The summed E-state index contributed by atoms with van der Waals surface area (Å²) in [5, 5.41) is 10.8. The largest absolute Gasteiger partial charge is 0.334 e. The molecule has 1 aliphatic carbocycles. The van der Waals surface area contributed by atoms with Crippen molar-refractivity contribution in [1.29, 1.82) is 0 Å². The molecule has 2 fully saturated rings. The maximum atomic E-state index is 12.4. The molecule has 0 aromatic carbocycles. The molecule has 3 aromatic rings. The Morgan fingerprint density at radius 1 is 1.27 bits per heavy atom. The Morgan fingerprint density at radius 2 is 2.12 bits per heavy atom. The summed E-state index contributed by atoms with van der Waals surface area (Å²) < 4.78 is 7.23. The first kappa shape index (κ1) is 15.7. The number of hydrogen-bond acceptors (Lipinski definition) is 7. The Morgan fingerprint density at radius 3 is 2.88 bits per heavy atom. The van der Waals surface area contributed by atoms with Gasteiger partial charge in [-0.2, -0.15) is 4.98 Å². The van der Waals surface area contributed by atoms with Gasteiger partial charge in [0.05, 0.1) is 17.0 Å². The highest BCUT2D eigenvalue weighted by molar-refractivity contribution is 5.90. The molecular formula is C17H21N7O2. The van der Waals surface area contributed by atoms with Crippen molar-refractivity contribution in [3.63, 3.8) is 0 Å². The van der Waals surface area contributed by atoms with Gasteiger partial charge in [0, 0.05) is 38.3 Å². The fourth-order valence-corrected chi connectivity index (χ4v) is 3.61. The van der Waals surface area contributed by atoms with Crippen LogP contribution in [0.1, 0.15) is 36.3 Å². The van der Waals surface area contributed by atoms with Crippen LogP contribution in [0.2, 0.25) is 0 Å². The Hall–Kier alpha value is -2.52. The molecule has 26 heavy (non-hydrogen) atoms. The summed E-state index contributed by atoms with van der Waals surface area (Å²) in [6.45, 7) is 2.66. The molecule has 1 atom stereocenters. The number of aromatic amines is 1. The molecule has 1 aliphatic heterocycles. The van der Waals surface area contributed by atoms with Gasteiger partial charge in [-0.1, -0.05) is 5.16 Å². The Kier molecular flexibility index (Phi) is 3.47. The van der Waals surface area contributed by atoms with E-state index in [9.17, 15) is 4.79 Å². The third-order valence-corrected chi connectivity index (χ3v) is 5.31. The monoisotopic (exact) mass is 355 g/mol. The summed E-state index contributed by atoms with van der Waals surface area (Å²) >= 11 is 0. The van der Waals surface area contributed by atoms with Gasteiger partial charge in [0.25, 0.3) is 11.4 Å². The minimum Gasteiger partial charge on any atom is -0.334 e. The van der Waals surface area contributed by atoms with Crippen LogP contribution in [0, 0.1) is 0 Å². The minimum absolute atomic E-state index is 0.0653. The number of aryl methyl sites for hydroxylation is 1. The summed E-state index contributed by atoms with van der Waals surface area (Å²) in [4.78, 5) is 23.9. The summed E-state index contributed by atoms with van der Waals surface area (Å²) in [7, 11) is 3.85. The van der Waals surface area contributed by atoms with Crippen LogP contribution in [0.5, 0.6) is 0 Å². The third-order valence-electron chi connectivity index (χ3n) is 5.31. The van der Waals surface area contributed by atoms with E-state index < -0.39 is 0 Å². The quantitative estimate of drug-likeness (QED) is 0.715. The van der Waals surface area contributed by atoms with Crippen LogP contribution >= 0.6 is 0 Å². The van der Waals surface area contributed by atoms with Gasteiger partial charge in [0.1, 0.15) is 0 Å². The zero-order valence-corrected chi connectivity index (χ0v) is 14.8. The van der Waals surface area contributed by atoms with Crippen LogP contribution in [0.25, 0.3) is 22.5 Å². The lowest BCUT2D eigenvalue weighted by atomic mass is 10.1. The van der Waals surface area contributed by atoms with E-state index in [0.717, 1.165) is 38.2 Å². The van der Waals surface area contributed by atoms with Crippen molar-refractivity contribution in [2.75, 3.05) is 26.7 Å². The van der Waals surface area contributed by atoms with Gasteiger partial charge in [0.15, 0.2) is 11.5 Å². The second-order valence-electron chi connectivity index (χ2n) is 7.23. The molecule has 2 N–H and O–H groups in total. The van der Waals surface area contributed by atoms with Crippen molar-refractivity contribution < 1.29 is 4.52 Å². The molecule has 0 bridgehead atoms.